The van der Waals surface area contributed by atoms with Crippen molar-refractivity contribution < 1.29 is 14.3 Å². The van der Waals surface area contributed by atoms with Gasteiger partial charge < -0.3 is 10.1 Å². The van der Waals surface area contributed by atoms with E-state index >= 15 is 0 Å². The fourth-order valence-corrected chi connectivity index (χ4v) is 4.36. The van der Waals surface area contributed by atoms with Crippen LogP contribution < -0.4 is 5.32 Å². The molecule has 0 aliphatic carbocycles. The maximum Gasteiger partial charge on any atom is 0.318 e. The minimum atomic E-state index is -1.13. The molecule has 1 aliphatic rings. The van der Waals surface area contributed by atoms with Gasteiger partial charge in [0.25, 0.3) is 5.91 Å². The predicted octanol–water partition coefficient (Wildman–Crippen LogP) is 5.04. The molecule has 2 atom stereocenters. The number of carbonyl (C=O) groups is 2. The Bertz CT molecular complexity index is 1110. The van der Waals surface area contributed by atoms with Gasteiger partial charge in [-0.25, -0.2) is 0 Å². The number of esters is 1. The van der Waals surface area contributed by atoms with Crippen LogP contribution in [-0.2, 0) is 14.3 Å². The van der Waals surface area contributed by atoms with Crippen LogP contribution in [0.4, 0.5) is 0 Å². The Hall–Kier alpha value is -3.66. The van der Waals surface area contributed by atoms with Crippen LogP contribution in [0.25, 0.3) is 11.1 Å². The van der Waals surface area contributed by atoms with Crippen LogP contribution in [0, 0.1) is 5.41 Å². The van der Waals surface area contributed by atoms with Gasteiger partial charge in [-0.2, -0.15) is 0 Å². The second-order valence-electron chi connectivity index (χ2n) is 7.72. The van der Waals surface area contributed by atoms with Crippen molar-refractivity contribution in [3.05, 3.63) is 108 Å². The van der Waals surface area contributed by atoms with Crippen LogP contribution in [0.3, 0.4) is 0 Å². The van der Waals surface area contributed by atoms with E-state index in [-0.39, 0.29) is 18.5 Å². The van der Waals surface area contributed by atoms with E-state index in [0.29, 0.717) is 11.1 Å². The molecular weight excluding hydrogens is 386 g/mol. The minimum Gasteiger partial charge on any atom is -0.465 e. The fourth-order valence-electron chi connectivity index (χ4n) is 4.36. The number of rotatable bonds is 5. The predicted molar refractivity (Wildman–Crippen MR) is 122 cm³/mol. The lowest BCUT2D eigenvalue weighted by atomic mass is 9.66. The third kappa shape index (κ3) is 3.66. The summed E-state index contributed by atoms with van der Waals surface area (Å²) in [6.07, 6.45) is 0. The van der Waals surface area contributed by atoms with E-state index in [1.807, 2.05) is 97.9 Å². The van der Waals surface area contributed by atoms with Gasteiger partial charge in [0.2, 0.25) is 0 Å². The summed E-state index contributed by atoms with van der Waals surface area (Å²) in [7, 11) is 0. The molecule has 0 spiro atoms. The lowest BCUT2D eigenvalue weighted by molar-refractivity contribution is -0.153. The van der Waals surface area contributed by atoms with Crippen LogP contribution in [0.5, 0.6) is 0 Å². The number of hydrogen-bond acceptors (Lipinski definition) is 3. The molecule has 0 radical (unpaired) electrons. The summed E-state index contributed by atoms with van der Waals surface area (Å²) in [4.78, 5) is 27.1. The largest absolute Gasteiger partial charge is 0.465 e. The number of ether oxygens (including phenoxy) is 1. The molecular formula is C27H25NO3. The maximum absolute atomic E-state index is 13.6. The smallest absolute Gasteiger partial charge is 0.318 e. The zero-order valence-corrected chi connectivity index (χ0v) is 17.7. The van der Waals surface area contributed by atoms with E-state index in [0.717, 1.165) is 16.7 Å². The molecule has 3 aromatic carbocycles. The van der Waals surface area contributed by atoms with Gasteiger partial charge >= 0.3 is 5.97 Å². The first-order valence-corrected chi connectivity index (χ1v) is 10.5. The summed E-state index contributed by atoms with van der Waals surface area (Å²) in [6.45, 7) is 3.92. The van der Waals surface area contributed by atoms with Gasteiger partial charge in [0.1, 0.15) is 5.41 Å². The van der Waals surface area contributed by atoms with Gasteiger partial charge in [-0.1, -0.05) is 91.0 Å². The highest BCUT2D eigenvalue weighted by Crippen LogP contribution is 2.52. The molecule has 3 aromatic rings. The molecule has 0 aromatic heterocycles. The number of hydrogen-bond donors (Lipinski definition) is 1. The maximum atomic E-state index is 13.6. The molecule has 1 aliphatic heterocycles. The molecule has 31 heavy (non-hydrogen) atoms. The summed E-state index contributed by atoms with van der Waals surface area (Å²) in [5, 5.41) is 3.11. The van der Waals surface area contributed by atoms with Crippen molar-refractivity contribution in [1.82, 2.24) is 5.32 Å². The summed E-state index contributed by atoms with van der Waals surface area (Å²) in [5.41, 5.74) is 2.49. The first-order chi connectivity index (χ1) is 15.1. The average Bonchev–Trinajstić information content (AvgIpc) is 2.82. The van der Waals surface area contributed by atoms with Gasteiger partial charge in [-0.05, 0) is 36.1 Å². The van der Waals surface area contributed by atoms with Crippen LogP contribution in [0.1, 0.15) is 36.6 Å². The zero-order valence-electron chi connectivity index (χ0n) is 17.7. The van der Waals surface area contributed by atoms with Crippen molar-refractivity contribution in [3.63, 3.8) is 0 Å². The summed E-state index contributed by atoms with van der Waals surface area (Å²) < 4.78 is 5.58. The van der Waals surface area contributed by atoms with Gasteiger partial charge in [0.05, 0.1) is 18.2 Å². The second kappa shape index (κ2) is 8.60. The minimum absolute atomic E-state index is 0.208. The molecule has 0 bridgehead atoms. The Morgan fingerprint density at radius 2 is 1.39 bits per heavy atom. The Morgan fingerprint density at radius 1 is 0.871 bits per heavy atom. The third-order valence-corrected chi connectivity index (χ3v) is 5.81. The molecule has 0 fully saturated rings. The topological polar surface area (TPSA) is 55.4 Å². The number of amides is 1. The fraction of sp³-hybridized carbons (Fsp3) is 0.185. The summed E-state index contributed by atoms with van der Waals surface area (Å²) in [6, 6.07) is 28.1. The highest BCUT2D eigenvalue weighted by atomic mass is 16.5. The first-order valence-electron chi connectivity index (χ1n) is 10.5. The van der Waals surface area contributed by atoms with Crippen LogP contribution in [0.15, 0.2) is 91.0 Å². The molecule has 1 N–H and O–H groups in total. The van der Waals surface area contributed by atoms with Crippen molar-refractivity contribution >= 4 is 23.0 Å². The lowest BCUT2D eigenvalue weighted by Gasteiger charge is -2.43. The van der Waals surface area contributed by atoms with E-state index in [9.17, 15) is 9.59 Å². The van der Waals surface area contributed by atoms with Crippen molar-refractivity contribution in [1.29, 1.82) is 0 Å². The lowest BCUT2D eigenvalue weighted by Crippen LogP contribution is -2.50. The SMILES string of the molecule is CCOC(=O)[C@@]1(C)C(c2ccccc2)=C(c2ccccc2)C(=O)NC1c1ccccc1. The van der Waals surface area contributed by atoms with Crippen LogP contribution in [0.2, 0.25) is 0 Å². The Morgan fingerprint density at radius 3 is 1.94 bits per heavy atom. The van der Waals surface area contributed by atoms with E-state index < -0.39 is 11.5 Å². The van der Waals surface area contributed by atoms with Gasteiger partial charge in [-0.3, -0.25) is 9.59 Å². The number of benzene rings is 3. The van der Waals surface area contributed by atoms with Crippen molar-refractivity contribution in [2.45, 2.75) is 19.9 Å². The molecule has 0 saturated heterocycles. The van der Waals surface area contributed by atoms with Crippen molar-refractivity contribution in [3.8, 4) is 0 Å². The molecule has 1 heterocycles. The van der Waals surface area contributed by atoms with Crippen LogP contribution >= 0.6 is 0 Å². The van der Waals surface area contributed by atoms with Crippen LogP contribution in [-0.4, -0.2) is 18.5 Å². The van der Waals surface area contributed by atoms with E-state index in [1.54, 1.807) is 6.92 Å². The Balaban J connectivity index is 2.06. The summed E-state index contributed by atoms with van der Waals surface area (Å²) >= 11 is 0. The monoisotopic (exact) mass is 411 g/mol. The number of nitrogens with one attached hydrogen (secondary N) is 1. The van der Waals surface area contributed by atoms with Gasteiger partial charge in [0.15, 0.2) is 0 Å². The van der Waals surface area contributed by atoms with Gasteiger partial charge in [-0.15, -0.1) is 0 Å². The average molecular weight is 412 g/mol. The Kier molecular flexibility index (Phi) is 5.72. The summed E-state index contributed by atoms with van der Waals surface area (Å²) in [5.74, 6) is -0.572. The quantitative estimate of drug-likeness (QED) is 0.599. The van der Waals surface area contributed by atoms with Gasteiger partial charge in [0, 0.05) is 0 Å². The molecule has 1 amide bonds. The van der Waals surface area contributed by atoms with E-state index in [2.05, 4.69) is 5.32 Å². The number of carbonyl (C=O) groups excluding carboxylic acids is 2. The second-order valence-corrected chi connectivity index (χ2v) is 7.72. The third-order valence-electron chi connectivity index (χ3n) is 5.81. The van der Waals surface area contributed by atoms with E-state index in [1.165, 1.54) is 0 Å². The molecule has 156 valence electrons. The Labute approximate surface area is 182 Å². The molecule has 4 nitrogen and oxygen atoms in total. The molecule has 4 rings (SSSR count). The normalized spacial score (nSPS) is 20.8. The molecule has 4 heteroatoms. The van der Waals surface area contributed by atoms with E-state index in [4.69, 9.17) is 4.74 Å². The first kappa shape index (κ1) is 20.6. The standard InChI is InChI=1S/C27H25NO3/c1-3-31-26(30)27(2)23(20-15-9-5-10-16-20)22(19-13-7-4-8-14-19)25(29)28-24(27)21-17-11-6-12-18-21/h4-18,24H,3H2,1-2H3,(H,28,29)/t24?,27-/m0/s1. The zero-order chi connectivity index (χ0) is 21.8. The highest BCUT2D eigenvalue weighted by Gasteiger charge is 2.52. The molecule has 0 saturated carbocycles. The van der Waals surface area contributed by atoms with Crippen molar-refractivity contribution in [2.24, 2.45) is 5.41 Å². The van der Waals surface area contributed by atoms with Crippen molar-refractivity contribution in [2.75, 3.05) is 6.61 Å². The molecule has 1 unspecified atom stereocenters. The highest BCUT2D eigenvalue weighted by molar-refractivity contribution is 6.30.